The first kappa shape index (κ1) is 29.6. The van der Waals surface area contributed by atoms with E-state index in [9.17, 15) is 18.0 Å². The number of hydrogen-bond acceptors (Lipinski definition) is 4. The molecular formula is C31H36ClN3O4S. The molecule has 1 aliphatic carbocycles. The molecular weight excluding hydrogens is 546 g/mol. The first-order chi connectivity index (χ1) is 19.2. The Bertz CT molecular complexity index is 1430. The standard InChI is InChI=1S/C31H36ClN3O4S/c1-3-29(31(37)33-26-15-9-10-16-26)34(21-24-13-8-7-12-23(24)2)30(36)22-35(27-17-11-14-25(32)20-27)40(38,39)28-18-5-4-6-19-28/h4-8,11-14,17-20,26,29H,3,9-10,15-16,21-22H2,1-2H3,(H,33,37). The smallest absolute Gasteiger partial charge is 0.264 e. The summed E-state index contributed by atoms with van der Waals surface area (Å²) in [5, 5.41) is 3.48. The molecule has 7 nitrogen and oxygen atoms in total. The average Bonchev–Trinajstić information content (AvgIpc) is 3.46. The molecule has 0 radical (unpaired) electrons. The van der Waals surface area contributed by atoms with Crippen LogP contribution in [0.2, 0.25) is 5.02 Å². The van der Waals surface area contributed by atoms with Crippen molar-refractivity contribution >= 4 is 39.1 Å². The monoisotopic (exact) mass is 581 g/mol. The number of benzene rings is 3. The van der Waals surface area contributed by atoms with Crippen molar-refractivity contribution < 1.29 is 18.0 Å². The molecule has 0 saturated heterocycles. The van der Waals surface area contributed by atoms with Crippen LogP contribution < -0.4 is 9.62 Å². The minimum Gasteiger partial charge on any atom is -0.352 e. The third-order valence-electron chi connectivity index (χ3n) is 7.40. The van der Waals surface area contributed by atoms with Crippen LogP contribution in [-0.4, -0.2) is 43.8 Å². The van der Waals surface area contributed by atoms with Crippen molar-refractivity contribution in [3.8, 4) is 0 Å². The fourth-order valence-electron chi connectivity index (χ4n) is 5.14. The highest BCUT2D eigenvalue weighted by Crippen LogP contribution is 2.27. The summed E-state index contributed by atoms with van der Waals surface area (Å²) in [7, 11) is -4.13. The molecule has 0 spiro atoms. The van der Waals surface area contributed by atoms with Crippen molar-refractivity contribution in [2.24, 2.45) is 0 Å². The van der Waals surface area contributed by atoms with E-state index in [1.807, 2.05) is 38.1 Å². The predicted octanol–water partition coefficient (Wildman–Crippen LogP) is 5.71. The molecule has 1 aliphatic rings. The Balaban J connectivity index is 1.71. The van der Waals surface area contributed by atoms with Crippen LogP contribution in [0.3, 0.4) is 0 Å². The van der Waals surface area contributed by atoms with E-state index >= 15 is 0 Å². The van der Waals surface area contributed by atoms with Crippen LogP contribution >= 0.6 is 11.6 Å². The fourth-order valence-corrected chi connectivity index (χ4v) is 6.75. The van der Waals surface area contributed by atoms with Crippen molar-refractivity contribution in [3.05, 3.63) is 95.0 Å². The highest BCUT2D eigenvalue weighted by atomic mass is 35.5. The summed E-state index contributed by atoms with van der Waals surface area (Å²) in [4.78, 5) is 29.2. The lowest BCUT2D eigenvalue weighted by atomic mass is 10.1. The van der Waals surface area contributed by atoms with Gasteiger partial charge in [-0.2, -0.15) is 0 Å². The number of anilines is 1. The number of nitrogens with zero attached hydrogens (tertiary/aromatic N) is 2. The Morgan fingerprint density at radius 3 is 2.30 bits per heavy atom. The van der Waals surface area contributed by atoms with E-state index in [1.54, 1.807) is 36.4 Å². The van der Waals surface area contributed by atoms with E-state index < -0.39 is 28.5 Å². The van der Waals surface area contributed by atoms with Gasteiger partial charge in [-0.05, 0) is 67.6 Å². The van der Waals surface area contributed by atoms with E-state index in [0.29, 0.717) is 11.4 Å². The van der Waals surface area contributed by atoms with Crippen LogP contribution in [0.4, 0.5) is 5.69 Å². The second kappa shape index (κ2) is 13.3. The van der Waals surface area contributed by atoms with E-state index in [0.717, 1.165) is 41.1 Å². The van der Waals surface area contributed by atoms with Crippen molar-refractivity contribution in [3.63, 3.8) is 0 Å². The van der Waals surface area contributed by atoms with Gasteiger partial charge in [-0.3, -0.25) is 13.9 Å². The van der Waals surface area contributed by atoms with Gasteiger partial charge in [0.15, 0.2) is 0 Å². The molecule has 0 aliphatic heterocycles. The number of sulfonamides is 1. The third-order valence-corrected chi connectivity index (χ3v) is 9.42. The van der Waals surface area contributed by atoms with E-state index in [4.69, 9.17) is 11.6 Å². The van der Waals surface area contributed by atoms with E-state index in [1.165, 1.54) is 23.1 Å². The number of hydrogen-bond donors (Lipinski definition) is 1. The number of halogens is 1. The number of amides is 2. The Morgan fingerprint density at radius 1 is 0.975 bits per heavy atom. The first-order valence-electron chi connectivity index (χ1n) is 13.7. The maximum absolute atomic E-state index is 14.2. The number of carbonyl (C=O) groups excluding carboxylic acids is 2. The van der Waals surface area contributed by atoms with Gasteiger partial charge in [-0.25, -0.2) is 8.42 Å². The topological polar surface area (TPSA) is 86.8 Å². The summed E-state index contributed by atoms with van der Waals surface area (Å²) < 4.78 is 28.8. The van der Waals surface area contributed by atoms with Gasteiger partial charge in [0.05, 0.1) is 10.6 Å². The van der Waals surface area contributed by atoms with Gasteiger partial charge < -0.3 is 10.2 Å². The SMILES string of the molecule is CCC(C(=O)NC1CCCC1)N(Cc1ccccc1C)C(=O)CN(c1cccc(Cl)c1)S(=O)(=O)c1ccccc1. The van der Waals surface area contributed by atoms with E-state index in [-0.39, 0.29) is 29.1 Å². The number of nitrogens with one attached hydrogen (secondary N) is 1. The lowest BCUT2D eigenvalue weighted by Gasteiger charge is -2.34. The molecule has 0 aromatic heterocycles. The van der Waals surface area contributed by atoms with Crippen molar-refractivity contribution in [1.29, 1.82) is 0 Å². The Hall–Kier alpha value is -3.36. The highest BCUT2D eigenvalue weighted by Gasteiger charge is 2.34. The summed E-state index contributed by atoms with van der Waals surface area (Å²) in [6, 6.07) is 21.4. The second-order valence-electron chi connectivity index (χ2n) is 10.2. The summed E-state index contributed by atoms with van der Waals surface area (Å²) in [5.74, 6) is -0.687. The highest BCUT2D eigenvalue weighted by molar-refractivity contribution is 7.92. The molecule has 212 valence electrons. The summed E-state index contributed by atoms with van der Waals surface area (Å²) >= 11 is 6.23. The maximum atomic E-state index is 14.2. The summed E-state index contributed by atoms with van der Waals surface area (Å²) in [6.07, 6.45) is 4.37. The lowest BCUT2D eigenvalue weighted by molar-refractivity contribution is -0.140. The fraction of sp³-hybridized carbons (Fsp3) is 0.355. The summed E-state index contributed by atoms with van der Waals surface area (Å²) in [5.41, 5.74) is 2.14. The normalized spacial score (nSPS) is 14.5. The van der Waals surface area contributed by atoms with Crippen LogP contribution in [0.25, 0.3) is 0 Å². The molecule has 1 unspecified atom stereocenters. The molecule has 0 heterocycles. The zero-order chi connectivity index (χ0) is 28.7. The van der Waals surface area contributed by atoms with Gasteiger partial charge in [0.25, 0.3) is 10.0 Å². The number of carbonyl (C=O) groups is 2. The Morgan fingerprint density at radius 2 is 1.65 bits per heavy atom. The Labute approximate surface area is 242 Å². The molecule has 1 saturated carbocycles. The van der Waals surface area contributed by atoms with Crippen molar-refractivity contribution in [2.75, 3.05) is 10.8 Å². The molecule has 40 heavy (non-hydrogen) atoms. The maximum Gasteiger partial charge on any atom is 0.264 e. The largest absolute Gasteiger partial charge is 0.352 e. The minimum atomic E-state index is -4.13. The second-order valence-corrected chi connectivity index (χ2v) is 12.5. The van der Waals surface area contributed by atoms with Crippen LogP contribution in [0.15, 0.2) is 83.8 Å². The first-order valence-corrected chi connectivity index (χ1v) is 15.5. The van der Waals surface area contributed by atoms with Crippen LogP contribution in [0.1, 0.15) is 50.2 Å². The van der Waals surface area contributed by atoms with Crippen molar-refractivity contribution in [2.45, 2.75) is 69.5 Å². The van der Waals surface area contributed by atoms with Crippen LogP contribution in [-0.2, 0) is 26.2 Å². The number of rotatable bonds is 11. The molecule has 0 bridgehead atoms. The van der Waals surface area contributed by atoms with Gasteiger partial charge in [0.1, 0.15) is 12.6 Å². The van der Waals surface area contributed by atoms with Gasteiger partial charge in [0.2, 0.25) is 11.8 Å². The quantitative estimate of drug-likeness (QED) is 0.314. The zero-order valence-corrected chi connectivity index (χ0v) is 24.5. The molecule has 9 heteroatoms. The van der Waals surface area contributed by atoms with Gasteiger partial charge in [-0.15, -0.1) is 0 Å². The molecule has 4 rings (SSSR count). The zero-order valence-electron chi connectivity index (χ0n) is 22.9. The molecule has 3 aromatic carbocycles. The van der Waals surface area contributed by atoms with Crippen molar-refractivity contribution in [1.82, 2.24) is 10.2 Å². The molecule has 1 fully saturated rings. The third kappa shape index (κ3) is 7.04. The van der Waals surface area contributed by atoms with Crippen LogP contribution in [0.5, 0.6) is 0 Å². The number of aryl methyl sites for hydroxylation is 1. The van der Waals surface area contributed by atoms with E-state index in [2.05, 4.69) is 5.32 Å². The van der Waals surface area contributed by atoms with Gasteiger partial charge in [0, 0.05) is 17.6 Å². The van der Waals surface area contributed by atoms with Gasteiger partial charge >= 0.3 is 0 Å². The summed E-state index contributed by atoms with van der Waals surface area (Å²) in [6.45, 7) is 3.51. The minimum absolute atomic E-state index is 0.0549. The molecule has 1 N–H and O–H groups in total. The predicted molar refractivity (Wildman–Crippen MR) is 159 cm³/mol. The molecule has 2 amide bonds. The van der Waals surface area contributed by atoms with Crippen LogP contribution in [0, 0.1) is 6.92 Å². The molecule has 3 aromatic rings. The lowest BCUT2D eigenvalue weighted by Crippen LogP contribution is -2.53. The van der Waals surface area contributed by atoms with Gasteiger partial charge in [-0.1, -0.05) is 79.9 Å². The molecule has 1 atom stereocenters. The Kier molecular flexibility index (Phi) is 9.87. The average molecular weight is 582 g/mol.